The zero-order chi connectivity index (χ0) is 14.7. The maximum Gasteiger partial charge on any atom is 0.188 e. The average molecular weight is 296 g/mol. The number of para-hydroxylation sites is 1. The molecule has 0 saturated carbocycles. The van der Waals surface area contributed by atoms with Crippen molar-refractivity contribution in [3.05, 3.63) is 54.1 Å². The number of ketones is 1. The molecule has 0 aliphatic rings. The van der Waals surface area contributed by atoms with Crippen LogP contribution < -0.4 is 5.32 Å². The number of anilines is 2. The molecule has 2 aromatic carbocycles. The fourth-order valence-electron chi connectivity index (χ4n) is 2.11. The largest absolute Gasteiger partial charge is 0.332 e. The van der Waals surface area contributed by atoms with Crippen molar-refractivity contribution in [1.29, 1.82) is 0 Å². The Kier molecular flexibility index (Phi) is 3.97. The molecular formula is C17H16N2OS. The standard InChI is InChI=1S/C17H16N2OS/c1-2-14(20)11-12-7-9-13(10-8-12)18-17-19-15-5-3-4-6-16(15)21-17/h3-10H,2,11H2,1H3,(H,18,19). The van der Waals surface area contributed by atoms with E-state index in [0.717, 1.165) is 21.9 Å². The van der Waals surface area contributed by atoms with Gasteiger partial charge in [0.2, 0.25) is 0 Å². The minimum absolute atomic E-state index is 0.266. The van der Waals surface area contributed by atoms with E-state index in [9.17, 15) is 4.79 Å². The van der Waals surface area contributed by atoms with E-state index in [-0.39, 0.29) is 5.78 Å². The molecule has 0 bridgehead atoms. The number of carbonyl (C=O) groups excluding carboxylic acids is 1. The molecule has 106 valence electrons. The highest BCUT2D eigenvalue weighted by Gasteiger charge is 2.04. The van der Waals surface area contributed by atoms with E-state index in [1.165, 1.54) is 4.70 Å². The van der Waals surface area contributed by atoms with Gasteiger partial charge in [0, 0.05) is 18.5 Å². The van der Waals surface area contributed by atoms with Crippen molar-refractivity contribution in [2.45, 2.75) is 19.8 Å². The molecule has 0 fully saturated rings. The second-order valence-corrected chi connectivity index (χ2v) is 5.91. The number of rotatable bonds is 5. The minimum Gasteiger partial charge on any atom is -0.332 e. The van der Waals surface area contributed by atoms with Gasteiger partial charge in [-0.2, -0.15) is 0 Å². The molecule has 1 N–H and O–H groups in total. The maximum absolute atomic E-state index is 11.4. The van der Waals surface area contributed by atoms with Crippen LogP contribution >= 0.6 is 11.3 Å². The summed E-state index contributed by atoms with van der Waals surface area (Å²) >= 11 is 1.63. The molecule has 3 nitrogen and oxygen atoms in total. The maximum atomic E-state index is 11.4. The van der Waals surface area contributed by atoms with Crippen molar-refractivity contribution in [1.82, 2.24) is 4.98 Å². The molecule has 4 heteroatoms. The summed E-state index contributed by atoms with van der Waals surface area (Å²) in [5.74, 6) is 0.266. The average Bonchev–Trinajstić information content (AvgIpc) is 2.91. The highest BCUT2D eigenvalue weighted by atomic mass is 32.1. The first-order chi connectivity index (χ1) is 10.2. The lowest BCUT2D eigenvalue weighted by atomic mass is 10.1. The van der Waals surface area contributed by atoms with Gasteiger partial charge in [-0.1, -0.05) is 42.5 Å². The molecule has 3 aromatic rings. The van der Waals surface area contributed by atoms with Crippen molar-refractivity contribution in [2.24, 2.45) is 0 Å². The Balaban J connectivity index is 1.74. The summed E-state index contributed by atoms with van der Waals surface area (Å²) in [5.41, 5.74) is 3.05. The molecule has 0 amide bonds. The lowest BCUT2D eigenvalue weighted by Gasteiger charge is -2.04. The minimum atomic E-state index is 0.266. The Labute approximate surface area is 127 Å². The van der Waals surface area contributed by atoms with E-state index in [1.54, 1.807) is 11.3 Å². The molecule has 1 heterocycles. The van der Waals surface area contributed by atoms with Crippen LogP contribution in [0.15, 0.2) is 48.5 Å². The summed E-state index contributed by atoms with van der Waals surface area (Å²) in [6.45, 7) is 1.89. The number of aromatic nitrogens is 1. The molecule has 0 aliphatic heterocycles. The highest BCUT2D eigenvalue weighted by molar-refractivity contribution is 7.22. The van der Waals surface area contributed by atoms with Crippen LogP contribution in [-0.4, -0.2) is 10.8 Å². The Morgan fingerprint density at radius 3 is 2.62 bits per heavy atom. The molecular weight excluding hydrogens is 280 g/mol. The third-order valence-corrected chi connectivity index (χ3v) is 4.25. The number of nitrogens with one attached hydrogen (secondary N) is 1. The topological polar surface area (TPSA) is 42.0 Å². The molecule has 0 atom stereocenters. The summed E-state index contributed by atoms with van der Waals surface area (Å²) in [5, 5.41) is 4.19. The van der Waals surface area contributed by atoms with E-state index in [1.807, 2.05) is 49.4 Å². The summed E-state index contributed by atoms with van der Waals surface area (Å²) in [7, 11) is 0. The van der Waals surface area contributed by atoms with Crippen LogP contribution in [0.4, 0.5) is 10.8 Å². The third-order valence-electron chi connectivity index (χ3n) is 3.29. The summed E-state index contributed by atoms with van der Waals surface area (Å²) in [6.07, 6.45) is 1.10. The molecule has 0 saturated heterocycles. The normalized spacial score (nSPS) is 10.7. The second kappa shape index (κ2) is 6.06. The van der Waals surface area contributed by atoms with Gasteiger partial charge in [-0.05, 0) is 29.8 Å². The number of carbonyl (C=O) groups is 1. The Morgan fingerprint density at radius 1 is 1.14 bits per heavy atom. The van der Waals surface area contributed by atoms with Gasteiger partial charge in [-0.25, -0.2) is 4.98 Å². The number of nitrogens with zero attached hydrogens (tertiary/aromatic N) is 1. The van der Waals surface area contributed by atoms with E-state index >= 15 is 0 Å². The fourth-order valence-corrected chi connectivity index (χ4v) is 2.99. The van der Waals surface area contributed by atoms with Crippen molar-refractivity contribution >= 4 is 38.2 Å². The van der Waals surface area contributed by atoms with E-state index < -0.39 is 0 Å². The monoisotopic (exact) mass is 296 g/mol. The molecule has 0 aliphatic carbocycles. The number of thiazole rings is 1. The molecule has 21 heavy (non-hydrogen) atoms. The van der Waals surface area contributed by atoms with Gasteiger partial charge in [0.05, 0.1) is 10.2 Å². The highest BCUT2D eigenvalue weighted by Crippen LogP contribution is 2.28. The van der Waals surface area contributed by atoms with Crippen molar-refractivity contribution in [3.63, 3.8) is 0 Å². The van der Waals surface area contributed by atoms with Gasteiger partial charge >= 0.3 is 0 Å². The molecule has 3 rings (SSSR count). The van der Waals surface area contributed by atoms with E-state index in [4.69, 9.17) is 0 Å². The van der Waals surface area contributed by atoms with Crippen LogP contribution in [0.2, 0.25) is 0 Å². The second-order valence-electron chi connectivity index (χ2n) is 4.88. The van der Waals surface area contributed by atoms with E-state index in [2.05, 4.69) is 16.4 Å². The van der Waals surface area contributed by atoms with Crippen LogP contribution in [-0.2, 0) is 11.2 Å². The first-order valence-corrected chi connectivity index (χ1v) is 7.79. The Bertz CT molecular complexity index is 729. The number of Topliss-reactive ketones (excluding diaryl/α,β-unsaturated/α-hetero) is 1. The Hall–Kier alpha value is -2.20. The number of hydrogen-bond donors (Lipinski definition) is 1. The van der Waals surface area contributed by atoms with E-state index in [0.29, 0.717) is 12.8 Å². The van der Waals surface area contributed by atoms with Crippen molar-refractivity contribution in [3.8, 4) is 0 Å². The predicted octanol–water partition coefficient (Wildman–Crippen LogP) is 4.56. The zero-order valence-corrected chi connectivity index (χ0v) is 12.6. The third kappa shape index (κ3) is 3.28. The van der Waals surface area contributed by atoms with Crippen molar-refractivity contribution < 1.29 is 4.79 Å². The number of fused-ring (bicyclic) bond motifs is 1. The molecule has 0 spiro atoms. The smallest absolute Gasteiger partial charge is 0.188 e. The molecule has 1 aromatic heterocycles. The number of hydrogen-bond acceptors (Lipinski definition) is 4. The fraction of sp³-hybridized carbons (Fsp3) is 0.176. The molecule has 0 radical (unpaired) electrons. The summed E-state index contributed by atoms with van der Waals surface area (Å²) in [6, 6.07) is 16.0. The first-order valence-electron chi connectivity index (χ1n) is 6.98. The first kappa shape index (κ1) is 13.8. The summed E-state index contributed by atoms with van der Waals surface area (Å²) in [4.78, 5) is 16.0. The summed E-state index contributed by atoms with van der Waals surface area (Å²) < 4.78 is 1.17. The van der Waals surface area contributed by atoms with Gasteiger partial charge in [0.25, 0.3) is 0 Å². The molecule has 0 unspecified atom stereocenters. The number of benzene rings is 2. The zero-order valence-electron chi connectivity index (χ0n) is 11.8. The van der Waals surface area contributed by atoms with Gasteiger partial charge in [-0.3, -0.25) is 4.79 Å². The lowest BCUT2D eigenvalue weighted by molar-refractivity contribution is -0.118. The predicted molar refractivity (Wildman–Crippen MR) is 88.3 cm³/mol. The quantitative estimate of drug-likeness (QED) is 0.750. The van der Waals surface area contributed by atoms with Crippen LogP contribution in [0, 0.1) is 0 Å². The van der Waals surface area contributed by atoms with Gasteiger partial charge in [0.1, 0.15) is 5.78 Å². The SMILES string of the molecule is CCC(=O)Cc1ccc(Nc2nc3ccccc3s2)cc1. The van der Waals surface area contributed by atoms with Crippen LogP contribution in [0.25, 0.3) is 10.2 Å². The van der Waals surface area contributed by atoms with Crippen LogP contribution in [0.3, 0.4) is 0 Å². The van der Waals surface area contributed by atoms with Crippen LogP contribution in [0.1, 0.15) is 18.9 Å². The lowest BCUT2D eigenvalue weighted by Crippen LogP contribution is -2.00. The Morgan fingerprint density at radius 2 is 1.90 bits per heavy atom. The van der Waals surface area contributed by atoms with Gasteiger partial charge in [0.15, 0.2) is 5.13 Å². The van der Waals surface area contributed by atoms with Gasteiger partial charge < -0.3 is 5.32 Å². The van der Waals surface area contributed by atoms with Gasteiger partial charge in [-0.15, -0.1) is 0 Å². The van der Waals surface area contributed by atoms with Crippen LogP contribution in [0.5, 0.6) is 0 Å². The van der Waals surface area contributed by atoms with Crippen molar-refractivity contribution in [2.75, 3.05) is 5.32 Å².